The molecule has 0 aromatic heterocycles. The third-order valence-electron chi connectivity index (χ3n) is 2.25. The van der Waals surface area contributed by atoms with E-state index in [9.17, 15) is 4.79 Å². The molecule has 1 rings (SSSR count). The van der Waals surface area contributed by atoms with Crippen molar-refractivity contribution in [3.63, 3.8) is 0 Å². The van der Waals surface area contributed by atoms with Gasteiger partial charge in [0.25, 0.3) is 0 Å². The fourth-order valence-corrected chi connectivity index (χ4v) is 1.45. The predicted molar refractivity (Wildman–Crippen MR) is 66.7 cm³/mol. The molecule has 0 spiro atoms. The molecular weight excluding hydrogens is 224 g/mol. The van der Waals surface area contributed by atoms with Gasteiger partial charge in [-0.2, -0.15) is 0 Å². The van der Waals surface area contributed by atoms with E-state index in [0.29, 0.717) is 19.5 Å². The number of rotatable bonds is 6. The van der Waals surface area contributed by atoms with Gasteiger partial charge in [-0.1, -0.05) is 23.7 Å². The molecule has 1 aromatic rings. The van der Waals surface area contributed by atoms with Crippen molar-refractivity contribution >= 4 is 17.5 Å². The summed E-state index contributed by atoms with van der Waals surface area (Å²) in [6.45, 7) is 1.39. The fourth-order valence-electron chi connectivity index (χ4n) is 1.32. The van der Waals surface area contributed by atoms with Crippen molar-refractivity contribution in [1.82, 2.24) is 10.6 Å². The van der Waals surface area contributed by atoms with Gasteiger partial charge < -0.3 is 10.6 Å². The van der Waals surface area contributed by atoms with Crippen LogP contribution in [0.3, 0.4) is 0 Å². The molecule has 0 bridgehead atoms. The van der Waals surface area contributed by atoms with Crippen molar-refractivity contribution in [3.8, 4) is 0 Å². The van der Waals surface area contributed by atoms with Crippen molar-refractivity contribution in [3.05, 3.63) is 34.9 Å². The van der Waals surface area contributed by atoms with Gasteiger partial charge in [0.15, 0.2) is 0 Å². The molecule has 0 unspecified atom stereocenters. The molecular formula is C12H17ClN2O. The van der Waals surface area contributed by atoms with Crippen LogP contribution in [0.5, 0.6) is 0 Å². The summed E-state index contributed by atoms with van der Waals surface area (Å²) in [5.41, 5.74) is 1.18. The van der Waals surface area contributed by atoms with Crippen molar-refractivity contribution in [1.29, 1.82) is 0 Å². The molecule has 0 saturated heterocycles. The number of carbonyl (C=O) groups excluding carboxylic acids is 1. The smallest absolute Gasteiger partial charge is 0.221 e. The highest BCUT2D eigenvalue weighted by Gasteiger charge is 1.99. The lowest BCUT2D eigenvalue weighted by Gasteiger charge is -2.05. The van der Waals surface area contributed by atoms with E-state index in [1.165, 1.54) is 5.56 Å². The van der Waals surface area contributed by atoms with Crippen molar-refractivity contribution < 1.29 is 4.79 Å². The molecule has 16 heavy (non-hydrogen) atoms. The zero-order valence-corrected chi connectivity index (χ0v) is 10.2. The van der Waals surface area contributed by atoms with Gasteiger partial charge >= 0.3 is 0 Å². The Hall–Kier alpha value is -1.06. The molecule has 0 saturated carbocycles. The lowest BCUT2D eigenvalue weighted by molar-refractivity contribution is -0.120. The zero-order chi connectivity index (χ0) is 11.8. The average Bonchev–Trinajstić information content (AvgIpc) is 2.29. The summed E-state index contributed by atoms with van der Waals surface area (Å²) < 4.78 is 0. The summed E-state index contributed by atoms with van der Waals surface area (Å²) >= 11 is 5.78. The number of carbonyl (C=O) groups is 1. The van der Waals surface area contributed by atoms with Crippen LogP contribution in [0, 0.1) is 0 Å². The van der Waals surface area contributed by atoms with E-state index in [2.05, 4.69) is 10.6 Å². The van der Waals surface area contributed by atoms with Crippen LogP contribution >= 0.6 is 11.6 Å². The summed E-state index contributed by atoms with van der Waals surface area (Å²) in [5.74, 6) is 0.0864. The second-order valence-electron chi connectivity index (χ2n) is 3.58. The minimum absolute atomic E-state index is 0.0864. The van der Waals surface area contributed by atoms with Crippen LogP contribution < -0.4 is 10.6 Å². The standard InChI is InChI=1S/C12H17ClN2O/c1-14-8-7-12(16)15-9-6-10-2-4-11(13)5-3-10/h2-5,14H,6-9H2,1H3,(H,15,16). The molecule has 0 heterocycles. The van der Waals surface area contributed by atoms with Gasteiger partial charge in [-0.25, -0.2) is 0 Å². The number of hydrogen-bond donors (Lipinski definition) is 2. The molecule has 1 amide bonds. The van der Waals surface area contributed by atoms with Gasteiger partial charge in [0.1, 0.15) is 0 Å². The monoisotopic (exact) mass is 240 g/mol. The Kier molecular flexibility index (Phi) is 5.90. The minimum Gasteiger partial charge on any atom is -0.356 e. The molecule has 2 N–H and O–H groups in total. The topological polar surface area (TPSA) is 41.1 Å². The Bertz CT molecular complexity index is 324. The molecule has 88 valence electrons. The summed E-state index contributed by atoms with van der Waals surface area (Å²) in [4.78, 5) is 11.3. The van der Waals surface area contributed by atoms with Crippen LogP contribution in [0.4, 0.5) is 0 Å². The van der Waals surface area contributed by atoms with E-state index in [0.717, 1.165) is 11.4 Å². The molecule has 4 heteroatoms. The van der Waals surface area contributed by atoms with Crippen LogP contribution in [0.15, 0.2) is 24.3 Å². The first kappa shape index (κ1) is 13.0. The molecule has 3 nitrogen and oxygen atoms in total. The maximum absolute atomic E-state index is 11.3. The molecule has 0 atom stereocenters. The predicted octanol–water partition coefficient (Wildman–Crippen LogP) is 1.61. The third-order valence-corrected chi connectivity index (χ3v) is 2.50. The van der Waals surface area contributed by atoms with E-state index in [1.54, 1.807) is 0 Å². The molecule has 1 aromatic carbocycles. The minimum atomic E-state index is 0.0864. The number of hydrogen-bond acceptors (Lipinski definition) is 2. The van der Waals surface area contributed by atoms with Crippen LogP contribution in [0.1, 0.15) is 12.0 Å². The van der Waals surface area contributed by atoms with Crippen molar-refractivity contribution in [2.75, 3.05) is 20.1 Å². The Morgan fingerprint density at radius 1 is 1.25 bits per heavy atom. The lowest BCUT2D eigenvalue weighted by Crippen LogP contribution is -2.28. The van der Waals surface area contributed by atoms with Crippen LogP contribution in [0.2, 0.25) is 5.02 Å². The maximum atomic E-state index is 11.3. The van der Waals surface area contributed by atoms with Gasteiger partial charge in [0.2, 0.25) is 5.91 Å². The Morgan fingerprint density at radius 2 is 1.94 bits per heavy atom. The summed E-state index contributed by atoms with van der Waals surface area (Å²) in [6.07, 6.45) is 1.36. The highest BCUT2D eigenvalue weighted by Crippen LogP contribution is 2.09. The van der Waals surface area contributed by atoms with Gasteiger partial charge in [0, 0.05) is 24.5 Å². The summed E-state index contributed by atoms with van der Waals surface area (Å²) in [7, 11) is 1.83. The molecule has 0 fully saturated rings. The van der Waals surface area contributed by atoms with E-state index in [4.69, 9.17) is 11.6 Å². The van der Waals surface area contributed by atoms with Gasteiger partial charge in [-0.3, -0.25) is 4.79 Å². The lowest BCUT2D eigenvalue weighted by atomic mass is 10.1. The fraction of sp³-hybridized carbons (Fsp3) is 0.417. The highest BCUT2D eigenvalue weighted by atomic mass is 35.5. The van der Waals surface area contributed by atoms with E-state index < -0.39 is 0 Å². The van der Waals surface area contributed by atoms with Gasteiger partial charge in [-0.15, -0.1) is 0 Å². The number of benzene rings is 1. The molecule has 0 aliphatic carbocycles. The first-order valence-electron chi connectivity index (χ1n) is 5.38. The first-order chi connectivity index (χ1) is 7.72. The Morgan fingerprint density at radius 3 is 2.56 bits per heavy atom. The number of halogens is 1. The molecule has 0 radical (unpaired) electrons. The van der Waals surface area contributed by atoms with Crippen molar-refractivity contribution in [2.45, 2.75) is 12.8 Å². The van der Waals surface area contributed by atoms with E-state index in [-0.39, 0.29) is 5.91 Å². The number of nitrogens with one attached hydrogen (secondary N) is 2. The Balaban J connectivity index is 2.20. The SMILES string of the molecule is CNCCC(=O)NCCc1ccc(Cl)cc1. The highest BCUT2D eigenvalue weighted by molar-refractivity contribution is 6.30. The molecule has 0 aliphatic rings. The normalized spacial score (nSPS) is 10.1. The summed E-state index contributed by atoms with van der Waals surface area (Å²) in [5, 5.41) is 6.54. The van der Waals surface area contributed by atoms with E-state index in [1.807, 2.05) is 31.3 Å². The first-order valence-corrected chi connectivity index (χ1v) is 5.76. The average molecular weight is 241 g/mol. The van der Waals surface area contributed by atoms with Crippen LogP contribution in [0.25, 0.3) is 0 Å². The van der Waals surface area contributed by atoms with Crippen LogP contribution in [-0.4, -0.2) is 26.0 Å². The van der Waals surface area contributed by atoms with Gasteiger partial charge in [-0.05, 0) is 31.2 Å². The second-order valence-corrected chi connectivity index (χ2v) is 4.02. The zero-order valence-electron chi connectivity index (χ0n) is 9.42. The maximum Gasteiger partial charge on any atom is 0.221 e. The quantitative estimate of drug-likeness (QED) is 0.793. The summed E-state index contributed by atoms with van der Waals surface area (Å²) in [6, 6.07) is 7.67. The molecule has 0 aliphatic heterocycles. The number of amides is 1. The van der Waals surface area contributed by atoms with Gasteiger partial charge in [0.05, 0.1) is 0 Å². The Labute approximate surface area is 101 Å². The van der Waals surface area contributed by atoms with E-state index >= 15 is 0 Å². The largest absolute Gasteiger partial charge is 0.356 e. The third kappa shape index (κ3) is 5.14. The van der Waals surface area contributed by atoms with Crippen molar-refractivity contribution in [2.24, 2.45) is 0 Å². The van der Waals surface area contributed by atoms with Crippen LogP contribution in [-0.2, 0) is 11.2 Å². The second kappa shape index (κ2) is 7.25.